The van der Waals surface area contributed by atoms with Crippen molar-refractivity contribution in [1.29, 1.82) is 0 Å². The quantitative estimate of drug-likeness (QED) is 0.383. The van der Waals surface area contributed by atoms with Crippen LogP contribution in [-0.4, -0.2) is 47.3 Å². The monoisotopic (exact) mass is 511 g/mol. The highest BCUT2D eigenvalue weighted by atomic mass is 127. The van der Waals surface area contributed by atoms with Crippen molar-refractivity contribution in [3.05, 3.63) is 53.6 Å². The zero-order chi connectivity index (χ0) is 19.6. The Morgan fingerprint density at radius 1 is 1.28 bits per heavy atom. The van der Waals surface area contributed by atoms with Crippen LogP contribution < -0.4 is 5.32 Å². The van der Waals surface area contributed by atoms with E-state index in [1.54, 1.807) is 12.1 Å². The molecule has 1 unspecified atom stereocenters. The molecule has 1 atom stereocenters. The minimum atomic E-state index is -0.167. The van der Waals surface area contributed by atoms with Gasteiger partial charge in [-0.25, -0.2) is 4.39 Å². The number of aryl methyl sites for hydroxylation is 1. The Labute approximate surface area is 189 Å². The molecule has 1 N–H and O–H groups in total. The third-order valence-electron chi connectivity index (χ3n) is 6.50. The summed E-state index contributed by atoms with van der Waals surface area (Å²) >= 11 is 0. The molecule has 2 heterocycles. The summed E-state index contributed by atoms with van der Waals surface area (Å²) in [5.41, 5.74) is 2.62. The highest BCUT2D eigenvalue weighted by molar-refractivity contribution is 14.0. The molecule has 0 spiro atoms. The maximum Gasteiger partial charge on any atom is 0.193 e. The van der Waals surface area contributed by atoms with Crippen molar-refractivity contribution in [3.63, 3.8) is 0 Å². The lowest BCUT2D eigenvalue weighted by Gasteiger charge is -2.32. The molecule has 2 aromatic rings. The van der Waals surface area contributed by atoms with Crippen LogP contribution in [0, 0.1) is 5.82 Å². The van der Waals surface area contributed by atoms with Gasteiger partial charge in [-0.15, -0.1) is 24.0 Å². The van der Waals surface area contributed by atoms with Crippen molar-refractivity contribution in [2.75, 3.05) is 26.7 Å². The number of benzene rings is 1. The Bertz CT molecular complexity index is 826. The molecule has 1 aromatic heterocycles. The van der Waals surface area contributed by atoms with Crippen LogP contribution in [0.4, 0.5) is 4.39 Å². The van der Waals surface area contributed by atoms with Crippen LogP contribution in [0.1, 0.15) is 49.1 Å². The van der Waals surface area contributed by atoms with E-state index >= 15 is 0 Å². The highest BCUT2D eigenvalue weighted by Crippen LogP contribution is 2.40. The molecule has 2 fully saturated rings. The van der Waals surface area contributed by atoms with Crippen molar-refractivity contribution in [2.45, 2.75) is 43.4 Å². The minimum absolute atomic E-state index is 0. The first-order chi connectivity index (χ1) is 13.6. The summed E-state index contributed by atoms with van der Waals surface area (Å²) in [6.07, 6.45) is 9.95. The SMILES string of the molecule is CN=C(NCC1(c2ccc(F)cc2)CCCC1)N1CCC(c2cnn(C)c2)C1.I. The Balaban J connectivity index is 0.00000240. The molecule has 29 heavy (non-hydrogen) atoms. The van der Waals surface area contributed by atoms with Gasteiger partial charge in [0.05, 0.1) is 6.20 Å². The zero-order valence-electron chi connectivity index (χ0n) is 17.3. The first-order valence-corrected chi connectivity index (χ1v) is 10.3. The van der Waals surface area contributed by atoms with Gasteiger partial charge in [-0.1, -0.05) is 25.0 Å². The van der Waals surface area contributed by atoms with Crippen LogP contribution >= 0.6 is 24.0 Å². The van der Waals surface area contributed by atoms with E-state index in [2.05, 4.69) is 26.5 Å². The summed E-state index contributed by atoms with van der Waals surface area (Å²) in [5, 5.41) is 7.96. The number of hydrogen-bond acceptors (Lipinski definition) is 2. The molecule has 4 rings (SSSR count). The van der Waals surface area contributed by atoms with Gasteiger partial charge < -0.3 is 10.2 Å². The average Bonchev–Trinajstić information content (AvgIpc) is 3.44. The van der Waals surface area contributed by atoms with Crippen molar-refractivity contribution >= 4 is 29.9 Å². The van der Waals surface area contributed by atoms with E-state index in [4.69, 9.17) is 0 Å². The Morgan fingerprint density at radius 2 is 2.00 bits per heavy atom. The number of guanidine groups is 1. The summed E-state index contributed by atoms with van der Waals surface area (Å²) in [7, 11) is 3.83. The van der Waals surface area contributed by atoms with Gasteiger partial charge >= 0.3 is 0 Å². The van der Waals surface area contributed by atoms with E-state index in [1.807, 2.05) is 37.1 Å². The molecule has 0 bridgehead atoms. The van der Waals surface area contributed by atoms with E-state index in [-0.39, 0.29) is 35.2 Å². The fourth-order valence-corrected chi connectivity index (χ4v) is 4.88. The molecule has 7 heteroatoms. The Hall–Kier alpha value is -1.64. The number of rotatable bonds is 4. The number of nitrogens with zero attached hydrogens (tertiary/aromatic N) is 4. The molecule has 1 aliphatic carbocycles. The summed E-state index contributed by atoms with van der Waals surface area (Å²) in [6, 6.07) is 7.09. The topological polar surface area (TPSA) is 45.5 Å². The molecular weight excluding hydrogens is 480 g/mol. The molecular formula is C22H31FIN5. The fraction of sp³-hybridized carbons (Fsp3) is 0.545. The van der Waals surface area contributed by atoms with Gasteiger partial charge in [0, 0.05) is 51.3 Å². The van der Waals surface area contributed by atoms with Gasteiger partial charge in [0.25, 0.3) is 0 Å². The van der Waals surface area contributed by atoms with Gasteiger partial charge in [0.2, 0.25) is 0 Å². The molecule has 1 aromatic carbocycles. The van der Waals surface area contributed by atoms with Crippen LogP contribution in [0.3, 0.4) is 0 Å². The molecule has 5 nitrogen and oxygen atoms in total. The van der Waals surface area contributed by atoms with Crippen LogP contribution in [-0.2, 0) is 12.5 Å². The fourth-order valence-electron chi connectivity index (χ4n) is 4.88. The molecule has 158 valence electrons. The van der Waals surface area contributed by atoms with Crippen molar-refractivity contribution in [2.24, 2.45) is 12.0 Å². The lowest BCUT2D eigenvalue weighted by Crippen LogP contribution is -2.46. The number of nitrogens with one attached hydrogen (secondary N) is 1. The molecule has 1 saturated heterocycles. The number of likely N-dealkylation sites (tertiary alicyclic amines) is 1. The van der Waals surface area contributed by atoms with Gasteiger partial charge in [-0.3, -0.25) is 9.67 Å². The van der Waals surface area contributed by atoms with Crippen LogP contribution in [0.25, 0.3) is 0 Å². The second kappa shape index (κ2) is 9.45. The van der Waals surface area contributed by atoms with Gasteiger partial charge in [-0.2, -0.15) is 5.10 Å². The van der Waals surface area contributed by atoms with E-state index < -0.39 is 0 Å². The maximum atomic E-state index is 13.4. The second-order valence-electron chi connectivity index (χ2n) is 8.27. The second-order valence-corrected chi connectivity index (χ2v) is 8.27. The van der Waals surface area contributed by atoms with Crippen LogP contribution in [0.5, 0.6) is 0 Å². The predicted molar refractivity (Wildman–Crippen MR) is 125 cm³/mol. The first kappa shape index (κ1) is 22.1. The normalized spacial score (nSPS) is 21.3. The number of aliphatic imine (C=N–C) groups is 1. The summed E-state index contributed by atoms with van der Waals surface area (Å²) in [6.45, 7) is 2.82. The Morgan fingerprint density at radius 3 is 2.62 bits per heavy atom. The van der Waals surface area contributed by atoms with Crippen molar-refractivity contribution < 1.29 is 4.39 Å². The Kier molecular flexibility index (Phi) is 7.19. The summed E-state index contributed by atoms with van der Waals surface area (Å²) in [5.74, 6) is 1.31. The smallest absolute Gasteiger partial charge is 0.193 e. The van der Waals surface area contributed by atoms with E-state index in [9.17, 15) is 4.39 Å². The van der Waals surface area contributed by atoms with Crippen LogP contribution in [0.2, 0.25) is 0 Å². The highest BCUT2D eigenvalue weighted by Gasteiger charge is 2.36. The predicted octanol–water partition coefficient (Wildman–Crippen LogP) is 4.05. The first-order valence-electron chi connectivity index (χ1n) is 10.3. The molecule has 0 amide bonds. The largest absolute Gasteiger partial charge is 0.355 e. The molecule has 0 radical (unpaired) electrons. The molecule has 1 aliphatic heterocycles. The molecule has 1 saturated carbocycles. The number of aromatic nitrogens is 2. The summed E-state index contributed by atoms with van der Waals surface area (Å²) < 4.78 is 15.3. The molecule has 2 aliphatic rings. The van der Waals surface area contributed by atoms with Gasteiger partial charge in [-0.05, 0) is 42.5 Å². The van der Waals surface area contributed by atoms with Crippen molar-refractivity contribution in [3.8, 4) is 0 Å². The lowest BCUT2D eigenvalue weighted by atomic mass is 9.79. The van der Waals surface area contributed by atoms with Crippen molar-refractivity contribution in [1.82, 2.24) is 20.0 Å². The average molecular weight is 511 g/mol. The number of hydrogen-bond donors (Lipinski definition) is 1. The van der Waals surface area contributed by atoms with Crippen LogP contribution in [0.15, 0.2) is 41.7 Å². The standard InChI is InChI=1S/C22H30FN5.HI/c1-24-21(28-12-9-17(15-28)18-13-26-27(2)14-18)25-16-22(10-3-4-11-22)19-5-7-20(23)8-6-19;/h5-8,13-14,17H,3-4,9-12,15-16H2,1-2H3,(H,24,25);1H. The van der Waals surface area contributed by atoms with Gasteiger partial charge in [0.1, 0.15) is 5.82 Å². The van der Waals surface area contributed by atoms with Gasteiger partial charge in [0.15, 0.2) is 5.96 Å². The minimum Gasteiger partial charge on any atom is -0.355 e. The van der Waals surface area contributed by atoms with E-state index in [0.717, 1.165) is 44.9 Å². The zero-order valence-corrected chi connectivity index (χ0v) is 19.6. The van der Waals surface area contributed by atoms with E-state index in [1.165, 1.54) is 24.0 Å². The summed E-state index contributed by atoms with van der Waals surface area (Å²) in [4.78, 5) is 6.91. The number of halogens is 2. The third-order valence-corrected chi connectivity index (χ3v) is 6.50. The van der Waals surface area contributed by atoms with E-state index in [0.29, 0.717) is 5.92 Å². The third kappa shape index (κ3) is 4.75. The maximum absolute atomic E-state index is 13.4. The lowest BCUT2D eigenvalue weighted by molar-refractivity contribution is 0.411.